The van der Waals surface area contributed by atoms with Crippen molar-refractivity contribution in [1.29, 1.82) is 0 Å². The molecule has 11 heteroatoms. The van der Waals surface area contributed by atoms with Gasteiger partial charge in [0.25, 0.3) is 5.91 Å². The number of anilines is 1. The standard InChI is InChI=1S/C22H28N8O2S/c1-32-17-6-2-5-15(13-17)19(29-10-4-11-29)20(31)27-22(24)33-21(23)26-16-8-12-30(14-16)18-7-3-9-25-28-18/h2-3,5-7,9,13,16,19H,4,8,10-12,14H2,1H3,(H2,23,26)(H2,24,27,31). The van der Waals surface area contributed by atoms with Crippen LogP contribution in [0.3, 0.4) is 0 Å². The summed E-state index contributed by atoms with van der Waals surface area (Å²) in [5.74, 6) is 1.19. The van der Waals surface area contributed by atoms with Gasteiger partial charge in [0.2, 0.25) is 0 Å². The third-order valence-corrected chi connectivity index (χ3v) is 6.30. The lowest BCUT2D eigenvalue weighted by Gasteiger charge is -2.36. The maximum Gasteiger partial charge on any atom is 0.270 e. The molecule has 2 fully saturated rings. The van der Waals surface area contributed by atoms with Crippen molar-refractivity contribution >= 4 is 33.8 Å². The van der Waals surface area contributed by atoms with Crippen molar-refractivity contribution in [3.8, 4) is 5.75 Å². The van der Waals surface area contributed by atoms with E-state index in [4.69, 9.17) is 16.2 Å². The van der Waals surface area contributed by atoms with Crippen LogP contribution in [-0.4, -0.2) is 70.7 Å². The number of nitrogens with zero attached hydrogens (tertiary/aromatic N) is 6. The van der Waals surface area contributed by atoms with Crippen LogP contribution in [-0.2, 0) is 4.79 Å². The molecule has 2 unspecified atom stereocenters. The summed E-state index contributed by atoms with van der Waals surface area (Å²) in [7, 11) is 1.60. The van der Waals surface area contributed by atoms with Crippen LogP contribution in [0.4, 0.5) is 5.82 Å². The third-order valence-electron chi connectivity index (χ3n) is 5.68. The van der Waals surface area contributed by atoms with Crippen LogP contribution < -0.4 is 21.1 Å². The van der Waals surface area contributed by atoms with Gasteiger partial charge in [0, 0.05) is 32.4 Å². The number of amides is 1. The van der Waals surface area contributed by atoms with Gasteiger partial charge in [-0.2, -0.15) is 10.1 Å². The van der Waals surface area contributed by atoms with E-state index in [0.29, 0.717) is 12.3 Å². The van der Waals surface area contributed by atoms with E-state index < -0.39 is 6.04 Å². The highest BCUT2D eigenvalue weighted by Gasteiger charge is 2.32. The maximum atomic E-state index is 13.1. The van der Waals surface area contributed by atoms with E-state index in [9.17, 15) is 4.79 Å². The zero-order chi connectivity index (χ0) is 23.2. The molecule has 2 aliphatic rings. The Morgan fingerprint density at radius 1 is 1.21 bits per heavy atom. The monoisotopic (exact) mass is 468 g/mol. The Morgan fingerprint density at radius 3 is 2.76 bits per heavy atom. The number of carbonyl (C=O) groups excluding carboxylic acids is 1. The van der Waals surface area contributed by atoms with Gasteiger partial charge in [-0.15, -0.1) is 5.10 Å². The first-order chi connectivity index (χ1) is 16.0. The second kappa shape index (κ2) is 10.6. The number of hydrogen-bond acceptors (Lipinski definition) is 8. The number of aliphatic imine (C=N–C) groups is 2. The number of thioether (sulfide) groups is 1. The number of rotatable bonds is 6. The minimum atomic E-state index is -0.499. The summed E-state index contributed by atoms with van der Waals surface area (Å²) in [5.41, 5.74) is 13.0. The van der Waals surface area contributed by atoms with Gasteiger partial charge in [-0.1, -0.05) is 12.1 Å². The molecule has 2 atom stereocenters. The molecule has 2 aliphatic heterocycles. The van der Waals surface area contributed by atoms with E-state index >= 15 is 0 Å². The number of aromatic nitrogens is 2. The van der Waals surface area contributed by atoms with Gasteiger partial charge in [-0.25, -0.2) is 0 Å². The van der Waals surface area contributed by atoms with Gasteiger partial charge < -0.3 is 21.1 Å². The number of likely N-dealkylation sites (tertiary alicyclic amines) is 1. The Bertz CT molecular complexity index is 1030. The van der Waals surface area contributed by atoms with Gasteiger partial charge >= 0.3 is 0 Å². The summed E-state index contributed by atoms with van der Waals surface area (Å²) in [4.78, 5) is 25.9. The molecule has 0 bridgehead atoms. The predicted octanol–water partition coefficient (Wildman–Crippen LogP) is 1.40. The summed E-state index contributed by atoms with van der Waals surface area (Å²) in [6.07, 6.45) is 3.54. The van der Waals surface area contributed by atoms with Crippen LogP contribution in [0.2, 0.25) is 0 Å². The van der Waals surface area contributed by atoms with E-state index in [-0.39, 0.29) is 22.3 Å². The van der Waals surface area contributed by atoms with Crippen molar-refractivity contribution < 1.29 is 9.53 Å². The largest absolute Gasteiger partial charge is 0.497 e. The molecule has 0 radical (unpaired) electrons. The predicted molar refractivity (Wildman–Crippen MR) is 130 cm³/mol. The summed E-state index contributed by atoms with van der Waals surface area (Å²) in [6, 6.07) is 10.8. The van der Waals surface area contributed by atoms with Gasteiger partial charge in [0.1, 0.15) is 11.8 Å². The minimum absolute atomic E-state index is 0.0219. The van der Waals surface area contributed by atoms with E-state index in [1.807, 2.05) is 36.4 Å². The highest BCUT2D eigenvalue weighted by molar-refractivity contribution is 8.26. The number of hydrogen-bond donors (Lipinski definition) is 2. The SMILES string of the molecule is COc1cccc(C(C(=O)N=C(N)SC(N)=NC2CCN(c3cccnn3)C2)N2CCC2)c1. The van der Waals surface area contributed by atoms with E-state index in [1.54, 1.807) is 13.3 Å². The molecule has 33 heavy (non-hydrogen) atoms. The highest BCUT2D eigenvalue weighted by Crippen LogP contribution is 2.29. The Kier molecular flexibility index (Phi) is 7.40. The van der Waals surface area contributed by atoms with Gasteiger partial charge in [0.15, 0.2) is 16.2 Å². The lowest BCUT2D eigenvalue weighted by atomic mass is 10.0. The number of methoxy groups -OCH3 is 1. The molecule has 1 aromatic heterocycles. The number of amidine groups is 2. The second-order valence-corrected chi connectivity index (χ2v) is 8.94. The summed E-state index contributed by atoms with van der Waals surface area (Å²) in [5, 5.41) is 8.43. The normalized spacial score (nSPS) is 20.4. The molecule has 3 heterocycles. The zero-order valence-corrected chi connectivity index (χ0v) is 19.3. The number of carbonyl (C=O) groups is 1. The van der Waals surface area contributed by atoms with Gasteiger partial charge in [-0.05, 0) is 54.4 Å². The lowest BCUT2D eigenvalue weighted by Crippen LogP contribution is -2.43. The molecule has 4 N–H and O–H groups in total. The molecule has 10 nitrogen and oxygen atoms in total. The number of ether oxygens (including phenoxy) is 1. The van der Waals surface area contributed by atoms with Crippen LogP contribution in [0.15, 0.2) is 52.6 Å². The van der Waals surface area contributed by atoms with Crippen molar-refractivity contribution in [2.75, 3.05) is 38.2 Å². The minimum Gasteiger partial charge on any atom is -0.497 e. The molecule has 0 aliphatic carbocycles. The van der Waals surface area contributed by atoms with Crippen LogP contribution in [0, 0.1) is 0 Å². The molecule has 0 spiro atoms. The Hall–Kier alpha value is -3.18. The van der Waals surface area contributed by atoms with Crippen molar-refractivity contribution in [3.63, 3.8) is 0 Å². The molecule has 1 aromatic carbocycles. The average Bonchev–Trinajstić information content (AvgIpc) is 3.24. The Morgan fingerprint density at radius 2 is 2.06 bits per heavy atom. The molecular formula is C22H28N8O2S. The fourth-order valence-electron chi connectivity index (χ4n) is 3.94. The fourth-order valence-corrected chi connectivity index (χ4v) is 4.50. The topological polar surface area (TPSA) is 135 Å². The van der Waals surface area contributed by atoms with Crippen LogP contribution in [0.25, 0.3) is 0 Å². The van der Waals surface area contributed by atoms with Crippen LogP contribution in [0.1, 0.15) is 24.4 Å². The smallest absolute Gasteiger partial charge is 0.270 e. The van der Waals surface area contributed by atoms with Gasteiger partial charge in [0.05, 0.1) is 13.2 Å². The molecule has 4 rings (SSSR count). The molecule has 174 valence electrons. The molecule has 0 saturated carbocycles. The van der Waals surface area contributed by atoms with Crippen molar-refractivity contribution in [2.45, 2.75) is 24.9 Å². The van der Waals surface area contributed by atoms with E-state index in [0.717, 1.165) is 55.6 Å². The highest BCUT2D eigenvalue weighted by atomic mass is 32.2. The fraction of sp³-hybridized carbons (Fsp3) is 0.409. The van der Waals surface area contributed by atoms with Crippen molar-refractivity contribution in [1.82, 2.24) is 15.1 Å². The molecule has 2 aromatic rings. The Balaban J connectivity index is 1.40. The first-order valence-electron chi connectivity index (χ1n) is 10.8. The summed E-state index contributed by atoms with van der Waals surface area (Å²) >= 11 is 1.01. The number of benzene rings is 1. The van der Waals surface area contributed by atoms with Crippen LogP contribution in [0.5, 0.6) is 5.75 Å². The quantitative estimate of drug-likeness (QED) is 0.476. The molecule has 2 saturated heterocycles. The number of nitrogens with two attached hydrogens (primary N) is 2. The van der Waals surface area contributed by atoms with Crippen LogP contribution >= 0.6 is 11.8 Å². The van der Waals surface area contributed by atoms with Crippen molar-refractivity contribution in [3.05, 3.63) is 48.2 Å². The molecule has 1 amide bonds. The lowest BCUT2D eigenvalue weighted by molar-refractivity contribution is -0.124. The van der Waals surface area contributed by atoms with E-state index in [1.165, 1.54) is 0 Å². The summed E-state index contributed by atoms with van der Waals surface area (Å²) in [6.45, 7) is 3.20. The first kappa shape index (κ1) is 23.0. The maximum absolute atomic E-state index is 13.1. The summed E-state index contributed by atoms with van der Waals surface area (Å²) < 4.78 is 5.31. The molecular weight excluding hydrogens is 440 g/mol. The van der Waals surface area contributed by atoms with E-state index in [2.05, 4.69) is 30.0 Å². The van der Waals surface area contributed by atoms with Gasteiger partial charge in [-0.3, -0.25) is 14.7 Å². The zero-order valence-electron chi connectivity index (χ0n) is 18.5. The second-order valence-electron chi connectivity index (χ2n) is 7.90. The first-order valence-corrected chi connectivity index (χ1v) is 11.6. The Labute approximate surface area is 197 Å². The van der Waals surface area contributed by atoms with Crippen molar-refractivity contribution in [2.24, 2.45) is 21.5 Å². The third kappa shape index (κ3) is 5.79. The average molecular weight is 469 g/mol.